The Morgan fingerprint density at radius 1 is 1.25 bits per heavy atom. The Bertz CT molecular complexity index is 524. The fourth-order valence-electron chi connectivity index (χ4n) is 1.91. The van der Waals surface area contributed by atoms with E-state index in [9.17, 15) is 0 Å². The van der Waals surface area contributed by atoms with Crippen molar-refractivity contribution in [3.05, 3.63) is 34.8 Å². The lowest BCUT2D eigenvalue weighted by Crippen LogP contribution is -2.15. The lowest BCUT2D eigenvalue weighted by molar-refractivity contribution is 0.414. The summed E-state index contributed by atoms with van der Waals surface area (Å²) in [6, 6.07) is 8.63. The smallest absolute Gasteiger partial charge is 0.205 e. The van der Waals surface area contributed by atoms with Crippen LogP contribution in [0.15, 0.2) is 24.3 Å². The highest BCUT2D eigenvalue weighted by Crippen LogP contribution is 2.18. The minimum atomic E-state index is 0.384. The molecular weight excluding hydrogens is 270 g/mol. The highest BCUT2D eigenvalue weighted by Gasteiger charge is 2.07. The predicted molar refractivity (Wildman–Crippen MR) is 83.7 cm³/mol. The molecule has 108 valence electrons. The van der Waals surface area contributed by atoms with Crippen LogP contribution < -0.4 is 10.1 Å². The Morgan fingerprint density at radius 2 is 2.00 bits per heavy atom. The molecule has 1 atom stereocenters. The number of aromatic nitrogens is 2. The molecule has 0 radical (unpaired) electrons. The predicted octanol–water partition coefficient (Wildman–Crippen LogP) is 3.54. The number of hydrogen-bond acceptors (Lipinski definition) is 5. The second kappa shape index (κ2) is 7.24. The summed E-state index contributed by atoms with van der Waals surface area (Å²) in [6.45, 7) is 4.27. The number of methoxy groups -OCH3 is 1. The van der Waals surface area contributed by atoms with Crippen molar-refractivity contribution >= 4 is 16.5 Å². The number of benzene rings is 1. The Balaban J connectivity index is 1.80. The number of aryl methyl sites for hydroxylation is 2. The summed E-state index contributed by atoms with van der Waals surface area (Å²) in [6.07, 6.45) is 3.05. The Labute approximate surface area is 124 Å². The van der Waals surface area contributed by atoms with Crippen molar-refractivity contribution in [3.8, 4) is 5.75 Å². The van der Waals surface area contributed by atoms with E-state index < -0.39 is 0 Å². The standard InChI is InChI=1S/C15H21N3OS/c1-4-14-17-18-15(20-14)16-11(2)5-6-12-7-9-13(19-3)10-8-12/h7-11H,4-6H2,1-3H3,(H,16,18). The van der Waals surface area contributed by atoms with Gasteiger partial charge in [-0.1, -0.05) is 30.4 Å². The topological polar surface area (TPSA) is 47.0 Å². The molecule has 1 unspecified atom stereocenters. The van der Waals surface area contributed by atoms with Crippen LogP contribution in [0, 0.1) is 0 Å². The molecule has 2 rings (SSSR count). The molecule has 0 saturated heterocycles. The molecule has 20 heavy (non-hydrogen) atoms. The van der Waals surface area contributed by atoms with Gasteiger partial charge in [-0.05, 0) is 43.9 Å². The van der Waals surface area contributed by atoms with Gasteiger partial charge in [-0.3, -0.25) is 0 Å². The van der Waals surface area contributed by atoms with Gasteiger partial charge in [0.1, 0.15) is 10.8 Å². The molecule has 2 aromatic rings. The molecule has 1 N–H and O–H groups in total. The van der Waals surface area contributed by atoms with Gasteiger partial charge in [0.25, 0.3) is 0 Å². The molecule has 0 aliphatic carbocycles. The summed E-state index contributed by atoms with van der Waals surface area (Å²) in [7, 11) is 1.69. The third kappa shape index (κ3) is 4.20. The van der Waals surface area contributed by atoms with Gasteiger partial charge in [0.05, 0.1) is 7.11 Å². The number of hydrogen-bond donors (Lipinski definition) is 1. The summed E-state index contributed by atoms with van der Waals surface area (Å²) in [5, 5.41) is 13.7. The van der Waals surface area contributed by atoms with E-state index in [0.717, 1.165) is 35.2 Å². The van der Waals surface area contributed by atoms with Gasteiger partial charge in [0.2, 0.25) is 5.13 Å². The number of anilines is 1. The van der Waals surface area contributed by atoms with E-state index in [1.165, 1.54) is 5.56 Å². The van der Waals surface area contributed by atoms with E-state index in [-0.39, 0.29) is 0 Å². The van der Waals surface area contributed by atoms with E-state index in [4.69, 9.17) is 4.74 Å². The van der Waals surface area contributed by atoms with Crippen molar-refractivity contribution in [2.75, 3.05) is 12.4 Å². The average molecular weight is 291 g/mol. The lowest BCUT2D eigenvalue weighted by atomic mass is 10.1. The van der Waals surface area contributed by atoms with Crippen LogP contribution in [0.5, 0.6) is 5.75 Å². The maximum atomic E-state index is 5.16. The van der Waals surface area contributed by atoms with Crippen LogP contribution >= 0.6 is 11.3 Å². The first-order valence-electron chi connectivity index (χ1n) is 6.93. The van der Waals surface area contributed by atoms with Gasteiger partial charge in [0.15, 0.2) is 0 Å². The molecule has 0 saturated carbocycles. The number of nitrogens with zero attached hydrogens (tertiary/aromatic N) is 2. The van der Waals surface area contributed by atoms with Gasteiger partial charge >= 0.3 is 0 Å². The first-order chi connectivity index (χ1) is 9.71. The van der Waals surface area contributed by atoms with Gasteiger partial charge in [0, 0.05) is 6.04 Å². The summed E-state index contributed by atoms with van der Waals surface area (Å²) in [5.74, 6) is 0.904. The van der Waals surface area contributed by atoms with Crippen LogP contribution in [-0.4, -0.2) is 23.3 Å². The average Bonchev–Trinajstić information content (AvgIpc) is 2.93. The molecule has 4 nitrogen and oxygen atoms in total. The second-order valence-electron chi connectivity index (χ2n) is 4.79. The lowest BCUT2D eigenvalue weighted by Gasteiger charge is -2.12. The van der Waals surface area contributed by atoms with Crippen LogP contribution in [0.4, 0.5) is 5.13 Å². The highest BCUT2D eigenvalue weighted by atomic mass is 32.1. The van der Waals surface area contributed by atoms with E-state index in [2.05, 4.69) is 41.5 Å². The van der Waals surface area contributed by atoms with Crippen LogP contribution in [-0.2, 0) is 12.8 Å². The van der Waals surface area contributed by atoms with Gasteiger partial charge < -0.3 is 10.1 Å². The number of ether oxygens (including phenoxy) is 1. The molecule has 0 spiro atoms. The largest absolute Gasteiger partial charge is 0.497 e. The van der Waals surface area contributed by atoms with E-state index in [0.29, 0.717) is 6.04 Å². The van der Waals surface area contributed by atoms with Crippen molar-refractivity contribution in [1.29, 1.82) is 0 Å². The zero-order valence-electron chi connectivity index (χ0n) is 12.2. The highest BCUT2D eigenvalue weighted by molar-refractivity contribution is 7.15. The van der Waals surface area contributed by atoms with Crippen LogP contribution in [0.2, 0.25) is 0 Å². The zero-order valence-corrected chi connectivity index (χ0v) is 13.0. The van der Waals surface area contributed by atoms with Crippen LogP contribution in [0.3, 0.4) is 0 Å². The summed E-state index contributed by atoms with van der Waals surface area (Å²) >= 11 is 1.64. The SMILES string of the molecule is CCc1nnc(NC(C)CCc2ccc(OC)cc2)s1. The second-order valence-corrected chi connectivity index (χ2v) is 5.85. The summed E-state index contributed by atoms with van der Waals surface area (Å²) < 4.78 is 5.16. The normalized spacial score (nSPS) is 12.2. The Kier molecular flexibility index (Phi) is 5.35. The third-order valence-electron chi connectivity index (χ3n) is 3.16. The Hall–Kier alpha value is -1.62. The first-order valence-corrected chi connectivity index (χ1v) is 7.74. The maximum absolute atomic E-state index is 5.16. The fraction of sp³-hybridized carbons (Fsp3) is 0.467. The molecule has 1 aromatic carbocycles. The van der Waals surface area contributed by atoms with Crippen molar-refractivity contribution in [1.82, 2.24) is 10.2 Å². The molecule has 0 bridgehead atoms. The van der Waals surface area contributed by atoms with Crippen molar-refractivity contribution < 1.29 is 4.74 Å². The summed E-state index contributed by atoms with van der Waals surface area (Å²) in [4.78, 5) is 0. The summed E-state index contributed by atoms with van der Waals surface area (Å²) in [5.41, 5.74) is 1.32. The first kappa shape index (κ1) is 14.8. The molecule has 0 amide bonds. The van der Waals surface area contributed by atoms with Crippen molar-refractivity contribution in [3.63, 3.8) is 0 Å². The Morgan fingerprint density at radius 3 is 2.60 bits per heavy atom. The minimum absolute atomic E-state index is 0.384. The van der Waals surface area contributed by atoms with E-state index >= 15 is 0 Å². The van der Waals surface area contributed by atoms with E-state index in [1.807, 2.05) is 12.1 Å². The monoisotopic (exact) mass is 291 g/mol. The van der Waals surface area contributed by atoms with Crippen LogP contribution in [0.25, 0.3) is 0 Å². The van der Waals surface area contributed by atoms with Crippen molar-refractivity contribution in [2.24, 2.45) is 0 Å². The molecule has 0 aliphatic heterocycles. The number of rotatable bonds is 7. The molecule has 5 heteroatoms. The van der Waals surface area contributed by atoms with Gasteiger partial charge in [-0.2, -0.15) is 0 Å². The van der Waals surface area contributed by atoms with E-state index in [1.54, 1.807) is 18.4 Å². The van der Waals surface area contributed by atoms with Crippen molar-refractivity contribution in [2.45, 2.75) is 39.2 Å². The van der Waals surface area contributed by atoms with Crippen LogP contribution in [0.1, 0.15) is 30.8 Å². The molecular formula is C15H21N3OS. The number of nitrogens with one attached hydrogen (secondary N) is 1. The maximum Gasteiger partial charge on any atom is 0.205 e. The quantitative estimate of drug-likeness (QED) is 0.847. The molecule has 0 fully saturated rings. The van der Waals surface area contributed by atoms with Gasteiger partial charge in [-0.25, -0.2) is 0 Å². The zero-order chi connectivity index (χ0) is 14.4. The minimum Gasteiger partial charge on any atom is -0.497 e. The molecule has 0 aliphatic rings. The third-order valence-corrected chi connectivity index (χ3v) is 4.16. The molecule has 1 aromatic heterocycles. The van der Waals surface area contributed by atoms with Gasteiger partial charge in [-0.15, -0.1) is 10.2 Å². The fourth-order valence-corrected chi connectivity index (χ4v) is 2.70. The molecule has 1 heterocycles.